The molecule has 3 aromatic carbocycles. The van der Waals surface area contributed by atoms with Crippen molar-refractivity contribution in [3.05, 3.63) is 95.1 Å². The minimum atomic E-state index is -4.73. The van der Waals surface area contributed by atoms with Gasteiger partial charge in [-0.3, -0.25) is 13.9 Å². The molecule has 0 aromatic heterocycles. The Balaban J connectivity index is 2.07. The Morgan fingerprint density at radius 3 is 2.24 bits per heavy atom. The highest BCUT2D eigenvalue weighted by Gasteiger charge is 2.35. The Kier molecular flexibility index (Phi) is 10.8. The summed E-state index contributed by atoms with van der Waals surface area (Å²) in [5.41, 5.74) is 0.997. The van der Waals surface area contributed by atoms with Crippen molar-refractivity contribution in [1.29, 1.82) is 0 Å². The summed E-state index contributed by atoms with van der Waals surface area (Å²) in [6.45, 7) is 6.71. The van der Waals surface area contributed by atoms with Gasteiger partial charge in [0.25, 0.3) is 10.0 Å². The van der Waals surface area contributed by atoms with Crippen LogP contribution in [-0.2, 0) is 32.3 Å². The predicted octanol–water partition coefficient (Wildman–Crippen LogP) is 5.85. The molecule has 0 heterocycles. The molecule has 0 fully saturated rings. The summed E-state index contributed by atoms with van der Waals surface area (Å²) >= 11 is 0. The van der Waals surface area contributed by atoms with Crippen LogP contribution in [0, 0.1) is 13.8 Å². The average molecular weight is 604 g/mol. The van der Waals surface area contributed by atoms with E-state index in [4.69, 9.17) is 0 Å². The van der Waals surface area contributed by atoms with Crippen LogP contribution in [0.1, 0.15) is 48.9 Å². The number of hydrogen-bond acceptors (Lipinski definition) is 4. The standard InChI is InChI=1S/C31H36F3N3O4S/c1-5-6-18-35-30(39)24(4)36(20-25-11-8-7-10-23(25)3)29(38)21-37(27-13-9-12-26(19-27)31(32,33)34)42(40,41)28-16-14-22(2)15-17-28/h7-17,19,24H,5-6,18,20-21H2,1-4H3,(H,35,39)/t24-/m0/s1. The number of benzene rings is 3. The molecule has 0 saturated carbocycles. The van der Waals surface area contributed by atoms with E-state index in [0.29, 0.717) is 16.9 Å². The molecule has 0 aliphatic heterocycles. The van der Waals surface area contributed by atoms with Crippen LogP contribution in [0.3, 0.4) is 0 Å². The lowest BCUT2D eigenvalue weighted by atomic mass is 10.1. The van der Waals surface area contributed by atoms with Crippen LogP contribution in [0.15, 0.2) is 77.7 Å². The van der Waals surface area contributed by atoms with Crippen molar-refractivity contribution in [2.24, 2.45) is 0 Å². The lowest BCUT2D eigenvalue weighted by Crippen LogP contribution is -2.51. The average Bonchev–Trinajstić information content (AvgIpc) is 2.94. The number of halogens is 3. The molecule has 1 N–H and O–H groups in total. The van der Waals surface area contributed by atoms with Gasteiger partial charge < -0.3 is 10.2 Å². The quantitative estimate of drug-likeness (QED) is 0.263. The van der Waals surface area contributed by atoms with Gasteiger partial charge in [0.2, 0.25) is 11.8 Å². The third-order valence-corrected chi connectivity index (χ3v) is 8.74. The zero-order valence-corrected chi connectivity index (χ0v) is 24.9. The second-order valence-electron chi connectivity index (χ2n) is 10.1. The van der Waals surface area contributed by atoms with Gasteiger partial charge in [0, 0.05) is 13.1 Å². The van der Waals surface area contributed by atoms with Crippen molar-refractivity contribution in [2.45, 2.75) is 64.2 Å². The first-order chi connectivity index (χ1) is 19.8. The molecule has 0 unspecified atom stereocenters. The Hall–Kier alpha value is -3.86. The molecule has 0 bridgehead atoms. The zero-order chi connectivity index (χ0) is 31.1. The number of nitrogens with zero attached hydrogens (tertiary/aromatic N) is 2. The van der Waals surface area contributed by atoms with E-state index in [9.17, 15) is 31.2 Å². The van der Waals surface area contributed by atoms with Gasteiger partial charge in [0.1, 0.15) is 12.6 Å². The largest absolute Gasteiger partial charge is 0.416 e. The lowest BCUT2D eigenvalue weighted by Gasteiger charge is -2.32. The molecule has 0 aliphatic rings. The van der Waals surface area contributed by atoms with E-state index in [1.165, 1.54) is 23.1 Å². The number of carbonyl (C=O) groups is 2. The predicted molar refractivity (Wildman–Crippen MR) is 156 cm³/mol. The molecule has 3 aromatic rings. The van der Waals surface area contributed by atoms with Crippen LogP contribution >= 0.6 is 0 Å². The van der Waals surface area contributed by atoms with E-state index in [0.717, 1.165) is 41.7 Å². The molecule has 3 rings (SSSR count). The number of hydrogen-bond donors (Lipinski definition) is 1. The number of aryl methyl sites for hydroxylation is 2. The van der Waals surface area contributed by atoms with Gasteiger partial charge >= 0.3 is 6.18 Å². The van der Waals surface area contributed by atoms with Crippen molar-refractivity contribution < 1.29 is 31.2 Å². The number of sulfonamides is 1. The van der Waals surface area contributed by atoms with E-state index >= 15 is 0 Å². The second kappa shape index (κ2) is 13.9. The number of amides is 2. The smallest absolute Gasteiger partial charge is 0.354 e. The van der Waals surface area contributed by atoms with Crippen LogP contribution in [0.5, 0.6) is 0 Å². The molecule has 1 atom stereocenters. The van der Waals surface area contributed by atoms with Gasteiger partial charge in [-0.1, -0.05) is 61.4 Å². The topological polar surface area (TPSA) is 86.8 Å². The highest BCUT2D eigenvalue weighted by atomic mass is 32.2. The molecular weight excluding hydrogens is 567 g/mol. The minimum absolute atomic E-state index is 0.00508. The number of carbonyl (C=O) groups excluding carboxylic acids is 2. The number of alkyl halides is 3. The first-order valence-electron chi connectivity index (χ1n) is 13.6. The molecule has 226 valence electrons. The summed E-state index contributed by atoms with van der Waals surface area (Å²) < 4.78 is 69.2. The molecular formula is C31H36F3N3O4S. The van der Waals surface area contributed by atoms with Gasteiger partial charge in [-0.25, -0.2) is 8.42 Å². The molecule has 2 amide bonds. The van der Waals surface area contributed by atoms with Gasteiger partial charge in [0.05, 0.1) is 16.1 Å². The van der Waals surface area contributed by atoms with E-state index in [2.05, 4.69) is 5.32 Å². The fraction of sp³-hybridized carbons (Fsp3) is 0.355. The molecule has 0 spiro atoms. The van der Waals surface area contributed by atoms with E-state index in [1.807, 2.05) is 26.0 Å². The van der Waals surface area contributed by atoms with Crippen LogP contribution in [0.4, 0.5) is 18.9 Å². The van der Waals surface area contributed by atoms with Crippen molar-refractivity contribution in [1.82, 2.24) is 10.2 Å². The third kappa shape index (κ3) is 8.12. The fourth-order valence-corrected chi connectivity index (χ4v) is 5.70. The molecule has 42 heavy (non-hydrogen) atoms. The SMILES string of the molecule is CCCCNC(=O)[C@H](C)N(Cc1ccccc1C)C(=O)CN(c1cccc(C(F)(F)F)c1)S(=O)(=O)c1ccc(C)cc1. The molecule has 0 saturated heterocycles. The third-order valence-electron chi connectivity index (χ3n) is 6.95. The number of nitrogens with one attached hydrogen (secondary N) is 1. The van der Waals surface area contributed by atoms with Crippen LogP contribution in [0.2, 0.25) is 0 Å². The van der Waals surface area contributed by atoms with Gasteiger partial charge in [0.15, 0.2) is 0 Å². The van der Waals surface area contributed by atoms with Crippen LogP contribution < -0.4 is 9.62 Å². The van der Waals surface area contributed by atoms with Crippen LogP contribution in [0.25, 0.3) is 0 Å². The van der Waals surface area contributed by atoms with E-state index in [1.54, 1.807) is 38.1 Å². The number of anilines is 1. The van der Waals surface area contributed by atoms with Crippen LogP contribution in [-0.4, -0.2) is 44.3 Å². The first-order valence-corrected chi connectivity index (χ1v) is 15.1. The van der Waals surface area contributed by atoms with Gasteiger partial charge in [-0.2, -0.15) is 13.2 Å². The maximum atomic E-state index is 14.0. The summed E-state index contributed by atoms with van der Waals surface area (Å²) in [4.78, 5) is 28.1. The Labute approximate surface area is 245 Å². The van der Waals surface area contributed by atoms with Crippen molar-refractivity contribution in [3.8, 4) is 0 Å². The van der Waals surface area contributed by atoms with E-state index in [-0.39, 0.29) is 17.1 Å². The molecule has 0 aliphatic carbocycles. The monoisotopic (exact) mass is 603 g/mol. The highest BCUT2D eigenvalue weighted by Crippen LogP contribution is 2.33. The highest BCUT2D eigenvalue weighted by molar-refractivity contribution is 7.92. The summed E-state index contributed by atoms with van der Waals surface area (Å²) in [5, 5.41) is 2.80. The van der Waals surface area contributed by atoms with E-state index < -0.39 is 46.2 Å². The normalized spacial score (nSPS) is 12.5. The van der Waals surface area contributed by atoms with Crippen molar-refractivity contribution in [2.75, 3.05) is 17.4 Å². The maximum absolute atomic E-state index is 14.0. The summed E-state index contributed by atoms with van der Waals surface area (Å²) in [5.74, 6) is -1.16. The van der Waals surface area contributed by atoms with Crippen molar-refractivity contribution in [3.63, 3.8) is 0 Å². The van der Waals surface area contributed by atoms with Gasteiger partial charge in [-0.15, -0.1) is 0 Å². The first kappa shape index (κ1) is 32.7. The zero-order valence-electron chi connectivity index (χ0n) is 24.1. The summed E-state index contributed by atoms with van der Waals surface area (Å²) in [7, 11) is -4.49. The molecule has 0 radical (unpaired) electrons. The summed E-state index contributed by atoms with van der Waals surface area (Å²) in [6, 6.07) is 15.9. The molecule has 11 heteroatoms. The van der Waals surface area contributed by atoms with Gasteiger partial charge in [-0.05, 0) is 68.7 Å². The summed E-state index contributed by atoms with van der Waals surface area (Å²) in [6.07, 6.45) is -3.15. The Bertz CT molecular complexity index is 1490. The Morgan fingerprint density at radius 1 is 0.952 bits per heavy atom. The fourth-order valence-electron chi connectivity index (χ4n) is 4.29. The minimum Gasteiger partial charge on any atom is -0.354 e. The number of rotatable bonds is 12. The molecule has 7 nitrogen and oxygen atoms in total. The lowest BCUT2D eigenvalue weighted by molar-refractivity contribution is -0.139. The second-order valence-corrected chi connectivity index (χ2v) is 12.0. The Morgan fingerprint density at radius 2 is 1.62 bits per heavy atom. The van der Waals surface area contributed by atoms with Crippen molar-refractivity contribution >= 4 is 27.5 Å². The maximum Gasteiger partial charge on any atom is 0.416 e. The number of unbranched alkanes of at least 4 members (excludes halogenated alkanes) is 1.